The fourth-order valence-electron chi connectivity index (χ4n) is 4.15. The maximum absolute atomic E-state index is 14.0. The number of carbonyl (C=O) groups excluding carboxylic acids is 2. The Hall–Kier alpha value is -3.36. The van der Waals surface area contributed by atoms with E-state index in [0.717, 1.165) is 21.9 Å². The summed E-state index contributed by atoms with van der Waals surface area (Å²) in [6, 6.07) is 19.5. The predicted octanol–water partition coefficient (Wildman–Crippen LogP) is 5.48. The van der Waals surface area contributed by atoms with E-state index in [-0.39, 0.29) is 23.4 Å². The van der Waals surface area contributed by atoms with Gasteiger partial charge < -0.3 is 10.2 Å². The van der Waals surface area contributed by atoms with Gasteiger partial charge in [0.05, 0.1) is 10.6 Å². The molecule has 3 aromatic carbocycles. The fourth-order valence-corrected chi connectivity index (χ4v) is 5.88. The minimum atomic E-state index is -4.13. The Bertz CT molecular complexity index is 1410. The van der Waals surface area contributed by atoms with Gasteiger partial charge in [0, 0.05) is 17.6 Å². The molecule has 0 saturated carbocycles. The number of benzene rings is 3. The standard InChI is InChI=1S/C30H36ClN3O4S/c1-6-23(4)32-30(36)24(5)33(19-25-13-11-10-12-21(25)2)29(35)20-34(28-17-16-26(31)18-22(28)3)39(37,38)27-14-8-7-9-15-27/h7-18,23-24H,6,19-20H2,1-5H3,(H,32,36)/t23-,24+/m1/s1. The molecular weight excluding hydrogens is 534 g/mol. The summed E-state index contributed by atoms with van der Waals surface area (Å²) < 4.78 is 28.8. The van der Waals surface area contributed by atoms with Crippen LogP contribution in [0.4, 0.5) is 5.69 Å². The van der Waals surface area contributed by atoms with Gasteiger partial charge in [-0.25, -0.2) is 8.42 Å². The predicted molar refractivity (Wildman–Crippen MR) is 156 cm³/mol. The summed E-state index contributed by atoms with van der Waals surface area (Å²) in [6.07, 6.45) is 0.739. The number of nitrogens with one attached hydrogen (secondary N) is 1. The van der Waals surface area contributed by atoms with Crippen LogP contribution in [0.15, 0.2) is 77.7 Å². The first kappa shape index (κ1) is 30.2. The maximum atomic E-state index is 14.0. The highest BCUT2D eigenvalue weighted by atomic mass is 35.5. The van der Waals surface area contributed by atoms with E-state index in [1.807, 2.05) is 45.0 Å². The summed E-state index contributed by atoms with van der Waals surface area (Å²) in [4.78, 5) is 28.7. The Morgan fingerprint density at radius 3 is 2.18 bits per heavy atom. The van der Waals surface area contributed by atoms with E-state index in [2.05, 4.69) is 5.32 Å². The molecule has 0 aliphatic heterocycles. The normalized spacial score (nSPS) is 12.9. The summed E-state index contributed by atoms with van der Waals surface area (Å²) in [5.41, 5.74) is 2.77. The van der Waals surface area contributed by atoms with Crippen LogP contribution in [0.1, 0.15) is 43.9 Å². The second-order valence-electron chi connectivity index (χ2n) is 9.70. The molecule has 0 heterocycles. The Labute approximate surface area is 236 Å². The summed E-state index contributed by atoms with van der Waals surface area (Å²) in [5.74, 6) is -0.801. The van der Waals surface area contributed by atoms with E-state index in [9.17, 15) is 18.0 Å². The Kier molecular flexibility index (Phi) is 10.2. The molecule has 0 spiro atoms. The second-order valence-corrected chi connectivity index (χ2v) is 12.0. The first-order chi connectivity index (χ1) is 18.4. The smallest absolute Gasteiger partial charge is 0.264 e. The first-order valence-corrected chi connectivity index (χ1v) is 14.8. The van der Waals surface area contributed by atoms with E-state index in [1.165, 1.54) is 17.0 Å². The van der Waals surface area contributed by atoms with Crippen molar-refractivity contribution < 1.29 is 18.0 Å². The zero-order chi connectivity index (χ0) is 28.7. The summed E-state index contributed by atoms with van der Waals surface area (Å²) >= 11 is 6.16. The van der Waals surface area contributed by atoms with Crippen LogP contribution in [0.2, 0.25) is 5.02 Å². The van der Waals surface area contributed by atoms with Crippen molar-refractivity contribution in [1.29, 1.82) is 0 Å². The average molecular weight is 570 g/mol. The summed E-state index contributed by atoms with van der Waals surface area (Å²) in [6.45, 7) is 8.86. The van der Waals surface area contributed by atoms with Crippen molar-refractivity contribution in [2.24, 2.45) is 0 Å². The van der Waals surface area contributed by atoms with Crippen molar-refractivity contribution >= 4 is 39.1 Å². The van der Waals surface area contributed by atoms with Gasteiger partial charge in [0.25, 0.3) is 10.0 Å². The molecule has 0 fully saturated rings. The van der Waals surface area contributed by atoms with Crippen molar-refractivity contribution in [1.82, 2.24) is 10.2 Å². The van der Waals surface area contributed by atoms with E-state index in [0.29, 0.717) is 16.3 Å². The molecule has 3 rings (SSSR count). The monoisotopic (exact) mass is 569 g/mol. The Morgan fingerprint density at radius 2 is 1.56 bits per heavy atom. The lowest BCUT2D eigenvalue weighted by Gasteiger charge is -2.33. The minimum Gasteiger partial charge on any atom is -0.352 e. The van der Waals surface area contributed by atoms with Crippen molar-refractivity contribution in [3.05, 3.63) is 94.5 Å². The highest BCUT2D eigenvalue weighted by Crippen LogP contribution is 2.29. The van der Waals surface area contributed by atoms with Gasteiger partial charge in [-0.2, -0.15) is 0 Å². The van der Waals surface area contributed by atoms with Gasteiger partial charge in [-0.15, -0.1) is 0 Å². The van der Waals surface area contributed by atoms with Crippen LogP contribution < -0.4 is 9.62 Å². The molecular formula is C30H36ClN3O4S. The molecule has 1 N–H and O–H groups in total. The Balaban J connectivity index is 2.06. The summed E-state index contributed by atoms with van der Waals surface area (Å²) in [7, 11) is -4.13. The van der Waals surface area contributed by atoms with Crippen LogP contribution in [0.25, 0.3) is 0 Å². The molecule has 0 saturated heterocycles. The summed E-state index contributed by atoms with van der Waals surface area (Å²) in [5, 5.41) is 3.40. The number of nitrogens with zero attached hydrogens (tertiary/aromatic N) is 2. The van der Waals surface area contributed by atoms with Crippen LogP contribution in [0.5, 0.6) is 0 Å². The molecule has 2 atom stereocenters. The van der Waals surface area contributed by atoms with Crippen molar-refractivity contribution in [2.45, 2.75) is 64.6 Å². The van der Waals surface area contributed by atoms with Gasteiger partial charge in [-0.3, -0.25) is 13.9 Å². The van der Waals surface area contributed by atoms with Crippen LogP contribution >= 0.6 is 11.6 Å². The number of sulfonamides is 1. The van der Waals surface area contributed by atoms with E-state index < -0.39 is 28.5 Å². The van der Waals surface area contributed by atoms with E-state index in [4.69, 9.17) is 11.6 Å². The van der Waals surface area contributed by atoms with Crippen molar-refractivity contribution in [3.8, 4) is 0 Å². The number of anilines is 1. The molecule has 0 bridgehead atoms. The van der Waals surface area contributed by atoms with Gasteiger partial charge in [0.1, 0.15) is 12.6 Å². The third-order valence-electron chi connectivity index (χ3n) is 6.81. The number of hydrogen-bond donors (Lipinski definition) is 1. The third-order valence-corrected chi connectivity index (χ3v) is 8.82. The molecule has 0 aromatic heterocycles. The third kappa shape index (κ3) is 7.40. The lowest BCUT2D eigenvalue weighted by Crippen LogP contribution is -2.52. The molecule has 7 nitrogen and oxygen atoms in total. The molecule has 3 aromatic rings. The first-order valence-electron chi connectivity index (χ1n) is 12.9. The maximum Gasteiger partial charge on any atom is 0.264 e. The quantitative estimate of drug-likeness (QED) is 0.331. The van der Waals surface area contributed by atoms with Crippen LogP contribution in [-0.2, 0) is 26.2 Å². The minimum absolute atomic E-state index is 0.0557. The van der Waals surface area contributed by atoms with Crippen molar-refractivity contribution in [3.63, 3.8) is 0 Å². The van der Waals surface area contributed by atoms with Gasteiger partial charge in [0.15, 0.2) is 0 Å². The number of halogens is 1. The van der Waals surface area contributed by atoms with Gasteiger partial charge in [-0.05, 0) is 81.1 Å². The molecule has 0 aliphatic carbocycles. The topological polar surface area (TPSA) is 86.8 Å². The molecule has 2 amide bonds. The highest BCUT2D eigenvalue weighted by molar-refractivity contribution is 7.92. The van der Waals surface area contributed by atoms with Crippen LogP contribution in [0, 0.1) is 13.8 Å². The fraction of sp³-hybridized carbons (Fsp3) is 0.333. The average Bonchev–Trinajstić information content (AvgIpc) is 2.91. The molecule has 0 aliphatic rings. The van der Waals surface area contributed by atoms with Gasteiger partial charge in [0.2, 0.25) is 11.8 Å². The number of aryl methyl sites for hydroxylation is 2. The lowest BCUT2D eigenvalue weighted by atomic mass is 10.1. The molecule has 9 heteroatoms. The zero-order valence-electron chi connectivity index (χ0n) is 23.0. The second kappa shape index (κ2) is 13.1. The van der Waals surface area contributed by atoms with Crippen LogP contribution in [0.3, 0.4) is 0 Å². The number of hydrogen-bond acceptors (Lipinski definition) is 4. The van der Waals surface area contributed by atoms with Gasteiger partial charge in [-0.1, -0.05) is 61.0 Å². The zero-order valence-corrected chi connectivity index (χ0v) is 24.6. The number of amides is 2. The molecule has 0 unspecified atom stereocenters. The number of carbonyl (C=O) groups is 2. The van der Waals surface area contributed by atoms with E-state index >= 15 is 0 Å². The van der Waals surface area contributed by atoms with Crippen molar-refractivity contribution in [2.75, 3.05) is 10.8 Å². The molecule has 39 heavy (non-hydrogen) atoms. The SMILES string of the molecule is CC[C@@H](C)NC(=O)[C@H](C)N(Cc1ccccc1C)C(=O)CN(c1ccc(Cl)cc1C)S(=O)(=O)c1ccccc1. The molecule has 0 radical (unpaired) electrons. The largest absolute Gasteiger partial charge is 0.352 e. The molecule has 208 valence electrons. The Morgan fingerprint density at radius 1 is 0.923 bits per heavy atom. The van der Waals surface area contributed by atoms with E-state index in [1.54, 1.807) is 50.2 Å². The lowest BCUT2D eigenvalue weighted by molar-refractivity contribution is -0.139. The van der Waals surface area contributed by atoms with Crippen LogP contribution in [-0.4, -0.2) is 43.8 Å². The number of rotatable bonds is 11. The highest BCUT2D eigenvalue weighted by Gasteiger charge is 2.33. The van der Waals surface area contributed by atoms with Gasteiger partial charge >= 0.3 is 0 Å².